The molecule has 0 aliphatic rings. The van der Waals surface area contributed by atoms with Crippen LogP contribution in [0, 0.1) is 28.5 Å². The first kappa shape index (κ1) is 20.5. The molecule has 4 aromatic carbocycles. The van der Waals surface area contributed by atoms with Gasteiger partial charge in [0.2, 0.25) is 11.5 Å². The van der Waals surface area contributed by atoms with Crippen LogP contribution in [0.15, 0.2) is 91.0 Å². The molecule has 0 fully saturated rings. The van der Waals surface area contributed by atoms with Crippen LogP contribution in [0.2, 0.25) is 0 Å². The molecule has 0 spiro atoms. The molecular formula is C26H15FN2O3. The summed E-state index contributed by atoms with van der Waals surface area (Å²) in [4.78, 5) is 0. The van der Waals surface area contributed by atoms with Crippen LogP contribution in [0.5, 0.6) is 34.5 Å². The summed E-state index contributed by atoms with van der Waals surface area (Å²) in [7, 11) is 0. The number of nitriles is 2. The minimum atomic E-state index is -1.01. The van der Waals surface area contributed by atoms with Crippen molar-refractivity contribution < 1.29 is 18.6 Å². The van der Waals surface area contributed by atoms with Crippen LogP contribution in [0.1, 0.15) is 11.1 Å². The topological polar surface area (TPSA) is 75.3 Å². The van der Waals surface area contributed by atoms with Gasteiger partial charge < -0.3 is 14.2 Å². The zero-order valence-corrected chi connectivity index (χ0v) is 16.7. The number of halogens is 1. The van der Waals surface area contributed by atoms with Crippen molar-refractivity contribution in [2.24, 2.45) is 0 Å². The van der Waals surface area contributed by atoms with Gasteiger partial charge in [-0.05, 0) is 36.4 Å². The third-order valence-electron chi connectivity index (χ3n) is 4.42. The van der Waals surface area contributed by atoms with E-state index in [1.165, 1.54) is 0 Å². The number of benzene rings is 4. The molecule has 0 aliphatic carbocycles. The summed E-state index contributed by atoms with van der Waals surface area (Å²) in [6.07, 6.45) is 0. The van der Waals surface area contributed by atoms with Crippen LogP contribution in [-0.4, -0.2) is 0 Å². The first-order chi connectivity index (χ1) is 15.7. The van der Waals surface area contributed by atoms with Crippen LogP contribution in [-0.2, 0) is 0 Å². The lowest BCUT2D eigenvalue weighted by molar-refractivity contribution is 0.368. The molecule has 0 atom stereocenters. The third-order valence-corrected chi connectivity index (χ3v) is 4.42. The second kappa shape index (κ2) is 9.34. The van der Waals surface area contributed by atoms with Crippen molar-refractivity contribution in [1.82, 2.24) is 0 Å². The number of para-hydroxylation sites is 3. The van der Waals surface area contributed by atoms with Crippen molar-refractivity contribution in [1.29, 1.82) is 10.5 Å². The van der Waals surface area contributed by atoms with Gasteiger partial charge in [0.25, 0.3) is 0 Å². The number of hydrogen-bond acceptors (Lipinski definition) is 5. The standard InChI is InChI=1S/C26H15FN2O3/c27-23-21(16-28)22(17-29)24(30-18-10-4-1-5-11-18)26(32-20-14-8-3-9-15-20)25(23)31-19-12-6-2-7-13-19/h1-15H. The van der Waals surface area contributed by atoms with Gasteiger partial charge in [-0.15, -0.1) is 0 Å². The molecule has 0 heterocycles. The van der Waals surface area contributed by atoms with Crippen molar-refractivity contribution in [2.45, 2.75) is 0 Å². The summed E-state index contributed by atoms with van der Waals surface area (Å²) < 4.78 is 33.1. The Balaban J connectivity index is 1.97. The van der Waals surface area contributed by atoms with Gasteiger partial charge >= 0.3 is 0 Å². The maximum Gasteiger partial charge on any atom is 0.216 e. The van der Waals surface area contributed by atoms with E-state index in [0.717, 1.165) is 0 Å². The second-order valence-corrected chi connectivity index (χ2v) is 6.52. The van der Waals surface area contributed by atoms with Gasteiger partial charge in [0.05, 0.1) is 0 Å². The largest absolute Gasteiger partial charge is 0.452 e. The molecule has 0 amide bonds. The van der Waals surface area contributed by atoms with Crippen molar-refractivity contribution in [2.75, 3.05) is 0 Å². The minimum absolute atomic E-state index is 0.119. The van der Waals surface area contributed by atoms with Crippen molar-refractivity contribution in [3.8, 4) is 46.6 Å². The van der Waals surface area contributed by atoms with E-state index in [9.17, 15) is 10.5 Å². The van der Waals surface area contributed by atoms with Gasteiger partial charge in [0, 0.05) is 0 Å². The summed E-state index contributed by atoms with van der Waals surface area (Å²) in [6, 6.07) is 29.4. The van der Waals surface area contributed by atoms with E-state index in [1.807, 2.05) is 6.07 Å². The van der Waals surface area contributed by atoms with E-state index in [0.29, 0.717) is 17.2 Å². The molecule has 0 unspecified atom stereocenters. The van der Waals surface area contributed by atoms with Gasteiger partial charge in [-0.3, -0.25) is 0 Å². The van der Waals surface area contributed by atoms with Crippen LogP contribution < -0.4 is 14.2 Å². The summed E-state index contributed by atoms with van der Waals surface area (Å²) in [6.45, 7) is 0. The summed E-state index contributed by atoms with van der Waals surface area (Å²) >= 11 is 0. The van der Waals surface area contributed by atoms with E-state index in [4.69, 9.17) is 14.2 Å². The highest BCUT2D eigenvalue weighted by Crippen LogP contribution is 2.49. The monoisotopic (exact) mass is 422 g/mol. The highest BCUT2D eigenvalue weighted by atomic mass is 19.1. The molecule has 4 aromatic rings. The van der Waals surface area contributed by atoms with Gasteiger partial charge in [0.15, 0.2) is 11.6 Å². The van der Waals surface area contributed by atoms with E-state index < -0.39 is 11.4 Å². The lowest BCUT2D eigenvalue weighted by atomic mass is 10.1. The van der Waals surface area contributed by atoms with E-state index >= 15 is 4.39 Å². The average Bonchev–Trinajstić information content (AvgIpc) is 2.84. The third kappa shape index (κ3) is 4.21. The first-order valence-electron chi connectivity index (χ1n) is 9.59. The maximum absolute atomic E-state index is 15.5. The lowest BCUT2D eigenvalue weighted by Crippen LogP contribution is -2.03. The number of ether oxygens (including phenoxy) is 3. The Morgan fingerprint density at radius 1 is 0.500 bits per heavy atom. The molecule has 6 heteroatoms. The zero-order valence-electron chi connectivity index (χ0n) is 16.7. The van der Waals surface area contributed by atoms with Crippen molar-refractivity contribution in [3.63, 3.8) is 0 Å². The first-order valence-corrected chi connectivity index (χ1v) is 9.59. The molecule has 0 aliphatic heterocycles. The number of nitrogens with zero attached hydrogens (tertiary/aromatic N) is 2. The lowest BCUT2D eigenvalue weighted by Gasteiger charge is -2.19. The zero-order chi connectivity index (χ0) is 22.3. The van der Waals surface area contributed by atoms with Crippen LogP contribution in [0.25, 0.3) is 0 Å². The number of rotatable bonds is 6. The predicted octanol–water partition coefficient (Wildman–Crippen LogP) is 6.95. The fourth-order valence-electron chi connectivity index (χ4n) is 2.97. The minimum Gasteiger partial charge on any atom is -0.452 e. The molecule has 0 N–H and O–H groups in total. The molecule has 0 bridgehead atoms. The molecule has 154 valence electrons. The Morgan fingerprint density at radius 3 is 1.28 bits per heavy atom. The van der Waals surface area contributed by atoms with Crippen LogP contribution in [0.3, 0.4) is 0 Å². The van der Waals surface area contributed by atoms with Gasteiger partial charge in [-0.1, -0.05) is 54.6 Å². The Kier molecular flexibility index (Phi) is 5.97. The fraction of sp³-hybridized carbons (Fsp3) is 0. The van der Waals surface area contributed by atoms with Crippen LogP contribution >= 0.6 is 0 Å². The van der Waals surface area contributed by atoms with Gasteiger partial charge in [-0.2, -0.15) is 10.5 Å². The molecule has 0 saturated carbocycles. The predicted molar refractivity (Wildman–Crippen MR) is 115 cm³/mol. The number of hydrogen-bond donors (Lipinski definition) is 0. The average molecular weight is 422 g/mol. The highest BCUT2D eigenvalue weighted by Gasteiger charge is 2.30. The van der Waals surface area contributed by atoms with E-state index in [-0.39, 0.29) is 22.8 Å². The second-order valence-electron chi connectivity index (χ2n) is 6.52. The molecule has 32 heavy (non-hydrogen) atoms. The van der Waals surface area contributed by atoms with Gasteiger partial charge in [-0.25, -0.2) is 4.39 Å². The molecule has 5 nitrogen and oxygen atoms in total. The smallest absolute Gasteiger partial charge is 0.216 e. The molecule has 0 saturated heterocycles. The van der Waals surface area contributed by atoms with Gasteiger partial charge in [0.1, 0.15) is 40.5 Å². The highest BCUT2D eigenvalue weighted by molar-refractivity contribution is 5.69. The van der Waals surface area contributed by atoms with E-state index in [2.05, 4.69) is 0 Å². The Hall–Kier alpha value is -4.81. The van der Waals surface area contributed by atoms with Crippen LogP contribution in [0.4, 0.5) is 4.39 Å². The molecule has 0 aromatic heterocycles. The molecular weight excluding hydrogens is 407 g/mol. The Labute approximate surface area is 184 Å². The van der Waals surface area contributed by atoms with Crippen molar-refractivity contribution >= 4 is 0 Å². The van der Waals surface area contributed by atoms with E-state index in [1.54, 1.807) is 97.1 Å². The normalized spacial score (nSPS) is 9.97. The molecule has 4 rings (SSSR count). The quantitative estimate of drug-likeness (QED) is 0.336. The summed E-state index contributed by atoms with van der Waals surface area (Å²) in [5, 5.41) is 19.4. The summed E-state index contributed by atoms with van der Waals surface area (Å²) in [5.74, 6) is -0.577. The van der Waals surface area contributed by atoms with Crippen molar-refractivity contribution in [3.05, 3.63) is 108 Å². The Morgan fingerprint density at radius 2 is 0.875 bits per heavy atom. The maximum atomic E-state index is 15.5. The SMILES string of the molecule is N#Cc1c(F)c(Oc2ccccc2)c(Oc2ccccc2)c(Oc2ccccc2)c1C#N. The summed E-state index contributed by atoms with van der Waals surface area (Å²) in [5.41, 5.74) is -0.787. The Bertz CT molecular complexity index is 1310. The fourth-order valence-corrected chi connectivity index (χ4v) is 2.97. The molecule has 0 radical (unpaired) electrons.